The van der Waals surface area contributed by atoms with Gasteiger partial charge < -0.3 is 4.74 Å². The van der Waals surface area contributed by atoms with Gasteiger partial charge in [0.25, 0.3) is 0 Å². The molecular weight excluding hydrogens is 136 g/mol. The zero-order chi connectivity index (χ0) is 8.69. The van der Waals surface area contributed by atoms with E-state index >= 15 is 0 Å². The Bertz CT molecular complexity index is 175. The third-order valence-corrected chi connectivity index (χ3v) is 1.39. The summed E-state index contributed by atoms with van der Waals surface area (Å²) in [7, 11) is 1.67. The van der Waals surface area contributed by atoms with Crippen LogP contribution in [0.15, 0.2) is 36.1 Å². The lowest BCUT2D eigenvalue weighted by molar-refractivity contribution is 0.300. The number of hydrogen-bond donors (Lipinski definition) is 0. The highest BCUT2D eigenvalue weighted by atomic mass is 16.5. The van der Waals surface area contributed by atoms with Gasteiger partial charge in [0.15, 0.2) is 0 Å². The molecule has 11 heavy (non-hydrogen) atoms. The highest BCUT2D eigenvalue weighted by Gasteiger charge is 1.94. The molecule has 1 heteroatoms. The SMILES string of the molecule is C=C/C=C(OC)\C(C)=C/CC. The summed E-state index contributed by atoms with van der Waals surface area (Å²) in [6, 6.07) is 0. The molecular formula is C10H16O. The topological polar surface area (TPSA) is 9.23 Å². The van der Waals surface area contributed by atoms with E-state index in [1.54, 1.807) is 13.2 Å². The molecule has 0 aliphatic heterocycles. The van der Waals surface area contributed by atoms with E-state index in [0.29, 0.717) is 0 Å². The van der Waals surface area contributed by atoms with E-state index < -0.39 is 0 Å². The van der Waals surface area contributed by atoms with Crippen LogP contribution in [0.25, 0.3) is 0 Å². The fraction of sp³-hybridized carbons (Fsp3) is 0.400. The summed E-state index contributed by atoms with van der Waals surface area (Å²) in [5.74, 6) is 0.891. The molecule has 1 nitrogen and oxygen atoms in total. The van der Waals surface area contributed by atoms with Crippen molar-refractivity contribution in [1.82, 2.24) is 0 Å². The van der Waals surface area contributed by atoms with Crippen LogP contribution in [-0.2, 0) is 4.74 Å². The van der Waals surface area contributed by atoms with Crippen molar-refractivity contribution in [3.05, 3.63) is 36.1 Å². The molecule has 0 rings (SSSR count). The summed E-state index contributed by atoms with van der Waals surface area (Å²) in [5.41, 5.74) is 1.16. The monoisotopic (exact) mass is 152 g/mol. The molecule has 0 spiro atoms. The number of methoxy groups -OCH3 is 1. The lowest BCUT2D eigenvalue weighted by atomic mass is 10.2. The molecule has 0 aliphatic carbocycles. The van der Waals surface area contributed by atoms with E-state index in [-0.39, 0.29) is 0 Å². The third-order valence-electron chi connectivity index (χ3n) is 1.39. The molecule has 0 aromatic heterocycles. The van der Waals surface area contributed by atoms with E-state index in [1.807, 2.05) is 13.0 Å². The van der Waals surface area contributed by atoms with Crippen LogP contribution in [0.3, 0.4) is 0 Å². The molecule has 0 aliphatic rings. The van der Waals surface area contributed by atoms with Crippen molar-refractivity contribution in [3.63, 3.8) is 0 Å². The van der Waals surface area contributed by atoms with Gasteiger partial charge in [0.2, 0.25) is 0 Å². The maximum absolute atomic E-state index is 5.13. The van der Waals surface area contributed by atoms with Crippen molar-refractivity contribution in [3.8, 4) is 0 Å². The van der Waals surface area contributed by atoms with E-state index in [4.69, 9.17) is 4.74 Å². The van der Waals surface area contributed by atoms with E-state index in [9.17, 15) is 0 Å². The molecule has 62 valence electrons. The van der Waals surface area contributed by atoms with E-state index in [2.05, 4.69) is 19.6 Å². The van der Waals surface area contributed by atoms with Crippen molar-refractivity contribution in [2.45, 2.75) is 20.3 Å². The Balaban J connectivity index is 4.37. The first-order chi connectivity index (χ1) is 5.26. The molecule has 0 N–H and O–H groups in total. The molecule has 0 fully saturated rings. The second kappa shape index (κ2) is 5.78. The van der Waals surface area contributed by atoms with Crippen LogP contribution >= 0.6 is 0 Å². The van der Waals surface area contributed by atoms with Crippen molar-refractivity contribution in [2.24, 2.45) is 0 Å². The van der Waals surface area contributed by atoms with Gasteiger partial charge in [-0.1, -0.05) is 25.7 Å². The molecule has 0 amide bonds. The van der Waals surface area contributed by atoms with Gasteiger partial charge in [0.1, 0.15) is 5.76 Å². The van der Waals surface area contributed by atoms with Gasteiger partial charge in [-0.25, -0.2) is 0 Å². The number of ether oxygens (including phenoxy) is 1. The Hall–Kier alpha value is -0.980. The predicted octanol–water partition coefficient (Wildman–Crippen LogP) is 3.06. The zero-order valence-electron chi connectivity index (χ0n) is 7.55. The van der Waals surface area contributed by atoms with Crippen LogP contribution in [0.2, 0.25) is 0 Å². The fourth-order valence-electron chi connectivity index (χ4n) is 0.874. The highest BCUT2D eigenvalue weighted by molar-refractivity contribution is 5.26. The van der Waals surface area contributed by atoms with Gasteiger partial charge in [-0.15, -0.1) is 0 Å². The Morgan fingerprint density at radius 3 is 2.55 bits per heavy atom. The minimum atomic E-state index is 0.891. The molecule has 0 atom stereocenters. The molecule has 0 bridgehead atoms. The Morgan fingerprint density at radius 1 is 1.55 bits per heavy atom. The summed E-state index contributed by atoms with van der Waals surface area (Å²) < 4.78 is 5.13. The maximum Gasteiger partial charge on any atom is 0.121 e. The number of hydrogen-bond acceptors (Lipinski definition) is 1. The molecule has 0 saturated carbocycles. The van der Waals surface area contributed by atoms with Gasteiger partial charge in [-0.3, -0.25) is 0 Å². The Labute approximate surface area is 69.1 Å². The molecule has 0 heterocycles. The highest BCUT2D eigenvalue weighted by Crippen LogP contribution is 2.10. The predicted molar refractivity (Wildman–Crippen MR) is 49.3 cm³/mol. The molecule has 0 unspecified atom stereocenters. The van der Waals surface area contributed by atoms with Gasteiger partial charge in [-0.05, 0) is 25.0 Å². The second-order valence-electron chi connectivity index (χ2n) is 2.27. The van der Waals surface area contributed by atoms with Crippen LogP contribution in [0.4, 0.5) is 0 Å². The summed E-state index contributed by atoms with van der Waals surface area (Å²) in [6.45, 7) is 7.74. The van der Waals surface area contributed by atoms with Crippen molar-refractivity contribution >= 4 is 0 Å². The fourth-order valence-corrected chi connectivity index (χ4v) is 0.874. The summed E-state index contributed by atoms with van der Waals surface area (Å²) >= 11 is 0. The lowest BCUT2D eigenvalue weighted by Crippen LogP contribution is -1.87. The molecule has 0 aromatic carbocycles. The first-order valence-corrected chi connectivity index (χ1v) is 3.80. The average Bonchev–Trinajstić information content (AvgIpc) is 2.00. The van der Waals surface area contributed by atoms with Crippen LogP contribution < -0.4 is 0 Å². The lowest BCUT2D eigenvalue weighted by Gasteiger charge is -2.04. The molecule has 0 aromatic rings. The smallest absolute Gasteiger partial charge is 0.121 e. The van der Waals surface area contributed by atoms with Crippen molar-refractivity contribution in [2.75, 3.05) is 7.11 Å². The molecule has 0 radical (unpaired) electrons. The molecule has 0 saturated heterocycles. The zero-order valence-corrected chi connectivity index (χ0v) is 7.55. The third kappa shape index (κ3) is 3.66. The maximum atomic E-state index is 5.13. The standard InChI is InChI=1S/C10H16O/c1-5-7-9(3)10(11-4)8-6-2/h6-8H,2,5H2,1,3-4H3/b9-7-,10-8+. The average molecular weight is 152 g/mol. The van der Waals surface area contributed by atoms with Crippen LogP contribution in [0, 0.1) is 0 Å². The summed E-state index contributed by atoms with van der Waals surface area (Å²) in [6.07, 6.45) is 6.75. The van der Waals surface area contributed by atoms with E-state index in [0.717, 1.165) is 17.8 Å². The minimum Gasteiger partial charge on any atom is -0.497 e. The van der Waals surface area contributed by atoms with Gasteiger partial charge >= 0.3 is 0 Å². The van der Waals surface area contributed by atoms with Crippen molar-refractivity contribution in [1.29, 1.82) is 0 Å². The first-order valence-electron chi connectivity index (χ1n) is 3.80. The first kappa shape index (κ1) is 10.0. The van der Waals surface area contributed by atoms with E-state index in [1.165, 1.54) is 0 Å². The van der Waals surface area contributed by atoms with Crippen LogP contribution in [0.1, 0.15) is 20.3 Å². The van der Waals surface area contributed by atoms with Gasteiger partial charge in [-0.2, -0.15) is 0 Å². The largest absolute Gasteiger partial charge is 0.497 e. The van der Waals surface area contributed by atoms with Gasteiger partial charge in [0, 0.05) is 0 Å². The minimum absolute atomic E-state index is 0.891. The Morgan fingerprint density at radius 2 is 2.18 bits per heavy atom. The van der Waals surface area contributed by atoms with Crippen molar-refractivity contribution < 1.29 is 4.74 Å². The summed E-state index contributed by atoms with van der Waals surface area (Å²) in [4.78, 5) is 0. The quantitative estimate of drug-likeness (QED) is 0.444. The normalized spacial score (nSPS) is 13.0. The second-order valence-corrected chi connectivity index (χ2v) is 2.27. The van der Waals surface area contributed by atoms with Crippen LogP contribution in [0.5, 0.6) is 0 Å². The van der Waals surface area contributed by atoms with Crippen LogP contribution in [-0.4, -0.2) is 7.11 Å². The number of allylic oxidation sites excluding steroid dienone is 4. The van der Waals surface area contributed by atoms with Gasteiger partial charge in [0.05, 0.1) is 7.11 Å². The Kier molecular flexibility index (Phi) is 5.26. The number of rotatable bonds is 4. The summed E-state index contributed by atoms with van der Waals surface area (Å²) in [5, 5.41) is 0.